The third-order valence-corrected chi connectivity index (χ3v) is 3.03. The van der Waals surface area contributed by atoms with Crippen LogP contribution in [0.25, 0.3) is 0 Å². The first kappa shape index (κ1) is 9.81. The number of benzene rings is 1. The number of hydrogen-bond donors (Lipinski definition) is 1. The molecule has 0 aromatic heterocycles. The molecule has 1 saturated heterocycles. The standard InChI is InChI=1S/C11H15ClN2/c12-10-2-1-3-11(6-10)14-5-4-9(7-13)8-14/h1-3,6,9H,4-5,7-8,13H2/t9-/m0/s1. The van der Waals surface area contributed by atoms with Crippen molar-refractivity contribution in [3.63, 3.8) is 0 Å². The average molecular weight is 211 g/mol. The quantitative estimate of drug-likeness (QED) is 0.811. The largest absolute Gasteiger partial charge is 0.371 e. The Labute approximate surface area is 89.7 Å². The fraction of sp³-hybridized carbons (Fsp3) is 0.455. The first-order valence-corrected chi connectivity index (χ1v) is 5.38. The number of rotatable bonds is 2. The van der Waals surface area contributed by atoms with Gasteiger partial charge in [-0.3, -0.25) is 0 Å². The fourth-order valence-electron chi connectivity index (χ4n) is 1.93. The Balaban J connectivity index is 2.09. The molecule has 1 aliphatic rings. The molecule has 0 saturated carbocycles. The molecule has 0 unspecified atom stereocenters. The number of anilines is 1. The Bertz CT molecular complexity index is 314. The molecule has 2 nitrogen and oxygen atoms in total. The van der Waals surface area contributed by atoms with Crippen LogP contribution in [0.5, 0.6) is 0 Å². The molecule has 0 radical (unpaired) electrons. The van der Waals surface area contributed by atoms with Crippen LogP contribution in [0, 0.1) is 5.92 Å². The van der Waals surface area contributed by atoms with Crippen LogP contribution in [-0.2, 0) is 0 Å². The normalized spacial score (nSPS) is 21.6. The molecule has 1 aromatic rings. The zero-order valence-electron chi connectivity index (χ0n) is 8.12. The lowest BCUT2D eigenvalue weighted by atomic mass is 10.1. The SMILES string of the molecule is NC[C@@H]1CCN(c2cccc(Cl)c2)C1. The first-order chi connectivity index (χ1) is 6.79. The minimum absolute atomic E-state index is 0.647. The zero-order chi connectivity index (χ0) is 9.97. The van der Waals surface area contributed by atoms with Crippen molar-refractivity contribution in [3.8, 4) is 0 Å². The van der Waals surface area contributed by atoms with Crippen LogP contribution in [0.1, 0.15) is 6.42 Å². The van der Waals surface area contributed by atoms with Gasteiger partial charge in [0, 0.05) is 23.8 Å². The maximum absolute atomic E-state index is 5.94. The monoisotopic (exact) mass is 210 g/mol. The van der Waals surface area contributed by atoms with Crippen LogP contribution in [0.4, 0.5) is 5.69 Å². The highest BCUT2D eigenvalue weighted by molar-refractivity contribution is 6.30. The maximum Gasteiger partial charge on any atom is 0.0426 e. The molecule has 2 rings (SSSR count). The average Bonchev–Trinajstić information content (AvgIpc) is 2.66. The van der Waals surface area contributed by atoms with Gasteiger partial charge in [0.05, 0.1) is 0 Å². The number of hydrogen-bond acceptors (Lipinski definition) is 2. The van der Waals surface area contributed by atoms with E-state index in [1.165, 1.54) is 12.1 Å². The lowest BCUT2D eigenvalue weighted by molar-refractivity contribution is 0.602. The molecule has 1 atom stereocenters. The molecule has 0 bridgehead atoms. The van der Waals surface area contributed by atoms with Crippen LogP contribution in [0.3, 0.4) is 0 Å². The van der Waals surface area contributed by atoms with Gasteiger partial charge in [-0.15, -0.1) is 0 Å². The molecular formula is C11H15ClN2. The number of halogens is 1. The molecule has 0 amide bonds. The van der Waals surface area contributed by atoms with E-state index in [2.05, 4.69) is 11.0 Å². The second kappa shape index (κ2) is 4.20. The van der Waals surface area contributed by atoms with Gasteiger partial charge in [-0.25, -0.2) is 0 Å². The van der Waals surface area contributed by atoms with Crippen molar-refractivity contribution in [1.29, 1.82) is 0 Å². The summed E-state index contributed by atoms with van der Waals surface area (Å²) in [6.07, 6.45) is 1.20. The molecule has 0 spiro atoms. The number of nitrogens with two attached hydrogens (primary N) is 1. The second-order valence-electron chi connectivity index (χ2n) is 3.82. The molecule has 1 heterocycles. The van der Waals surface area contributed by atoms with Gasteiger partial charge in [0.1, 0.15) is 0 Å². The molecule has 14 heavy (non-hydrogen) atoms. The van der Waals surface area contributed by atoms with Crippen LogP contribution in [0.2, 0.25) is 5.02 Å². The van der Waals surface area contributed by atoms with E-state index in [-0.39, 0.29) is 0 Å². The summed E-state index contributed by atoms with van der Waals surface area (Å²) in [6, 6.07) is 8.01. The highest BCUT2D eigenvalue weighted by Crippen LogP contribution is 2.25. The number of nitrogens with zero attached hydrogens (tertiary/aromatic N) is 1. The summed E-state index contributed by atoms with van der Waals surface area (Å²) in [5.41, 5.74) is 6.87. The van der Waals surface area contributed by atoms with Gasteiger partial charge in [-0.05, 0) is 37.1 Å². The van der Waals surface area contributed by atoms with Gasteiger partial charge in [0.25, 0.3) is 0 Å². The molecule has 3 heteroatoms. The van der Waals surface area contributed by atoms with Gasteiger partial charge in [-0.2, -0.15) is 0 Å². The summed E-state index contributed by atoms with van der Waals surface area (Å²) in [5, 5.41) is 0.804. The van der Waals surface area contributed by atoms with Gasteiger partial charge in [0.2, 0.25) is 0 Å². The van der Waals surface area contributed by atoms with Crippen LogP contribution in [0.15, 0.2) is 24.3 Å². The first-order valence-electron chi connectivity index (χ1n) is 5.00. The van der Waals surface area contributed by atoms with Gasteiger partial charge in [-0.1, -0.05) is 17.7 Å². The van der Waals surface area contributed by atoms with E-state index in [0.29, 0.717) is 5.92 Å². The molecule has 1 fully saturated rings. The predicted molar refractivity (Wildman–Crippen MR) is 60.8 cm³/mol. The van der Waals surface area contributed by atoms with E-state index >= 15 is 0 Å². The van der Waals surface area contributed by atoms with E-state index in [4.69, 9.17) is 17.3 Å². The van der Waals surface area contributed by atoms with Gasteiger partial charge < -0.3 is 10.6 Å². The summed E-state index contributed by atoms with van der Waals surface area (Å²) >= 11 is 5.94. The molecule has 76 valence electrons. The topological polar surface area (TPSA) is 29.3 Å². The summed E-state index contributed by atoms with van der Waals surface area (Å²) in [5.74, 6) is 0.647. The van der Waals surface area contributed by atoms with Crippen molar-refractivity contribution < 1.29 is 0 Å². The Morgan fingerprint density at radius 1 is 1.50 bits per heavy atom. The summed E-state index contributed by atoms with van der Waals surface area (Å²) in [7, 11) is 0. The molecule has 2 N–H and O–H groups in total. The van der Waals surface area contributed by atoms with E-state index in [1.807, 2.05) is 18.2 Å². The van der Waals surface area contributed by atoms with Crippen molar-refractivity contribution in [2.24, 2.45) is 11.7 Å². The Morgan fingerprint density at radius 3 is 3.00 bits per heavy atom. The van der Waals surface area contributed by atoms with Crippen LogP contribution >= 0.6 is 11.6 Å². The lowest BCUT2D eigenvalue weighted by Crippen LogP contribution is -2.22. The summed E-state index contributed by atoms with van der Waals surface area (Å²) in [4.78, 5) is 2.35. The van der Waals surface area contributed by atoms with Crippen LogP contribution in [-0.4, -0.2) is 19.6 Å². The van der Waals surface area contributed by atoms with Crippen LogP contribution < -0.4 is 10.6 Å². The minimum Gasteiger partial charge on any atom is -0.371 e. The van der Waals surface area contributed by atoms with Crippen molar-refractivity contribution in [2.45, 2.75) is 6.42 Å². The van der Waals surface area contributed by atoms with Gasteiger partial charge in [0.15, 0.2) is 0 Å². The van der Waals surface area contributed by atoms with Crippen molar-refractivity contribution in [1.82, 2.24) is 0 Å². The summed E-state index contributed by atoms with van der Waals surface area (Å²) in [6.45, 7) is 2.95. The van der Waals surface area contributed by atoms with E-state index < -0.39 is 0 Å². The lowest BCUT2D eigenvalue weighted by Gasteiger charge is -2.18. The summed E-state index contributed by atoms with van der Waals surface area (Å²) < 4.78 is 0. The third kappa shape index (κ3) is 2.02. The molecule has 0 aliphatic carbocycles. The second-order valence-corrected chi connectivity index (χ2v) is 4.25. The fourth-order valence-corrected chi connectivity index (χ4v) is 2.12. The van der Waals surface area contributed by atoms with E-state index in [0.717, 1.165) is 24.7 Å². The molecular weight excluding hydrogens is 196 g/mol. The highest BCUT2D eigenvalue weighted by Gasteiger charge is 2.21. The highest BCUT2D eigenvalue weighted by atomic mass is 35.5. The molecule has 1 aliphatic heterocycles. The smallest absolute Gasteiger partial charge is 0.0426 e. The molecule has 1 aromatic carbocycles. The Kier molecular flexibility index (Phi) is 2.94. The minimum atomic E-state index is 0.647. The third-order valence-electron chi connectivity index (χ3n) is 2.79. The Morgan fingerprint density at radius 2 is 2.36 bits per heavy atom. The Hall–Kier alpha value is -0.730. The van der Waals surface area contributed by atoms with Gasteiger partial charge >= 0.3 is 0 Å². The van der Waals surface area contributed by atoms with Crippen molar-refractivity contribution >= 4 is 17.3 Å². The van der Waals surface area contributed by atoms with E-state index in [1.54, 1.807) is 0 Å². The maximum atomic E-state index is 5.94. The van der Waals surface area contributed by atoms with E-state index in [9.17, 15) is 0 Å². The van der Waals surface area contributed by atoms with Crippen molar-refractivity contribution in [2.75, 3.05) is 24.5 Å². The zero-order valence-corrected chi connectivity index (χ0v) is 8.87. The predicted octanol–water partition coefficient (Wildman–Crippen LogP) is 2.12. The van der Waals surface area contributed by atoms with Crippen molar-refractivity contribution in [3.05, 3.63) is 29.3 Å².